The molecule has 2 heterocycles. The number of aromatic nitrogens is 3. The van der Waals surface area contributed by atoms with E-state index in [0.717, 1.165) is 55.6 Å². The van der Waals surface area contributed by atoms with Crippen molar-refractivity contribution in [1.29, 1.82) is 5.41 Å². The molecule has 134 valence electrons. The molecule has 1 aromatic carbocycles. The van der Waals surface area contributed by atoms with Crippen LogP contribution in [0.5, 0.6) is 0 Å². The molecular formula is C21H25N5. The molecule has 5 heteroatoms. The van der Waals surface area contributed by atoms with Gasteiger partial charge in [-0.1, -0.05) is 18.2 Å². The summed E-state index contributed by atoms with van der Waals surface area (Å²) in [5.74, 6) is 1.00. The van der Waals surface area contributed by atoms with E-state index >= 15 is 0 Å². The van der Waals surface area contributed by atoms with E-state index in [0.29, 0.717) is 6.04 Å². The molecule has 26 heavy (non-hydrogen) atoms. The topological polar surface area (TPSA) is 68.7 Å². The largest absolute Gasteiger partial charge is 0.341 e. The lowest BCUT2D eigenvalue weighted by Crippen LogP contribution is -2.33. The number of rotatable bonds is 7. The van der Waals surface area contributed by atoms with Gasteiger partial charge in [-0.3, -0.25) is 9.88 Å². The standard InChI is InChI=1S/C21H25N5/c22-12-3-4-14-26(15-20-24-17-9-1-2-10-18(17)25-20)19-11-5-7-16-8-6-13-23-21(16)19/h1-2,6,8-10,12-13,19,22H,3-5,7,11,14-15H2,(H,24,25)/t19-/m0/s1. The Morgan fingerprint density at radius 2 is 2.15 bits per heavy atom. The fraction of sp³-hybridized carbons (Fsp3) is 0.381. The Hall–Kier alpha value is -2.53. The third kappa shape index (κ3) is 3.53. The second-order valence-corrected chi connectivity index (χ2v) is 6.97. The number of H-pyrrole nitrogens is 1. The lowest BCUT2D eigenvalue weighted by Gasteiger charge is -2.34. The van der Waals surface area contributed by atoms with Crippen LogP contribution in [0.15, 0.2) is 42.6 Å². The average molecular weight is 347 g/mol. The van der Waals surface area contributed by atoms with Crippen LogP contribution in [0.25, 0.3) is 11.0 Å². The summed E-state index contributed by atoms with van der Waals surface area (Å²) in [5.41, 5.74) is 4.71. The van der Waals surface area contributed by atoms with Crippen molar-refractivity contribution >= 4 is 17.2 Å². The van der Waals surface area contributed by atoms with Gasteiger partial charge >= 0.3 is 0 Å². The number of imidazole rings is 1. The number of pyridine rings is 1. The first-order valence-corrected chi connectivity index (χ1v) is 9.45. The number of nitrogens with zero attached hydrogens (tertiary/aromatic N) is 3. The molecular weight excluding hydrogens is 322 g/mol. The van der Waals surface area contributed by atoms with E-state index in [-0.39, 0.29) is 0 Å². The maximum absolute atomic E-state index is 7.33. The summed E-state index contributed by atoms with van der Waals surface area (Å²) in [6.07, 6.45) is 8.68. The van der Waals surface area contributed by atoms with Crippen LogP contribution in [0.2, 0.25) is 0 Å². The van der Waals surface area contributed by atoms with Crippen molar-refractivity contribution < 1.29 is 0 Å². The minimum absolute atomic E-state index is 0.332. The molecule has 0 fully saturated rings. The van der Waals surface area contributed by atoms with Crippen LogP contribution < -0.4 is 0 Å². The quantitative estimate of drug-likeness (QED) is 0.495. The summed E-state index contributed by atoms with van der Waals surface area (Å²) in [6.45, 7) is 1.74. The first-order chi connectivity index (χ1) is 12.8. The monoisotopic (exact) mass is 347 g/mol. The van der Waals surface area contributed by atoms with Crippen LogP contribution in [-0.4, -0.2) is 32.6 Å². The van der Waals surface area contributed by atoms with Gasteiger partial charge in [0.2, 0.25) is 0 Å². The molecule has 3 aromatic rings. The summed E-state index contributed by atoms with van der Waals surface area (Å²) in [4.78, 5) is 15.4. The number of nitrogens with one attached hydrogen (secondary N) is 2. The number of aromatic amines is 1. The highest BCUT2D eigenvalue weighted by atomic mass is 15.2. The molecule has 0 bridgehead atoms. The highest BCUT2D eigenvalue weighted by molar-refractivity contribution is 5.74. The van der Waals surface area contributed by atoms with Crippen molar-refractivity contribution in [2.24, 2.45) is 0 Å². The Morgan fingerprint density at radius 1 is 1.23 bits per heavy atom. The lowest BCUT2D eigenvalue weighted by molar-refractivity contribution is 0.161. The molecule has 0 amide bonds. The van der Waals surface area contributed by atoms with Gasteiger partial charge in [0.15, 0.2) is 0 Å². The molecule has 4 rings (SSSR count). The minimum Gasteiger partial charge on any atom is -0.341 e. The number of para-hydroxylation sites is 2. The second-order valence-electron chi connectivity index (χ2n) is 6.97. The predicted octanol–water partition coefficient (Wildman–Crippen LogP) is 4.27. The van der Waals surface area contributed by atoms with E-state index in [1.54, 1.807) is 0 Å². The maximum Gasteiger partial charge on any atom is 0.121 e. The van der Waals surface area contributed by atoms with Crippen LogP contribution in [0.3, 0.4) is 0 Å². The molecule has 0 aliphatic heterocycles. The minimum atomic E-state index is 0.332. The number of fused-ring (bicyclic) bond motifs is 2. The third-order valence-electron chi connectivity index (χ3n) is 5.19. The van der Waals surface area contributed by atoms with Crippen molar-refractivity contribution in [3.05, 3.63) is 59.7 Å². The van der Waals surface area contributed by atoms with E-state index in [9.17, 15) is 0 Å². The molecule has 0 unspecified atom stereocenters. The van der Waals surface area contributed by atoms with E-state index in [4.69, 9.17) is 15.4 Å². The van der Waals surface area contributed by atoms with Crippen LogP contribution in [-0.2, 0) is 13.0 Å². The number of hydrogen-bond acceptors (Lipinski definition) is 4. The molecule has 2 N–H and O–H groups in total. The van der Waals surface area contributed by atoms with Crippen LogP contribution in [0.1, 0.15) is 48.8 Å². The van der Waals surface area contributed by atoms with Crippen molar-refractivity contribution in [1.82, 2.24) is 19.9 Å². The third-order valence-corrected chi connectivity index (χ3v) is 5.19. The van der Waals surface area contributed by atoms with E-state index in [1.807, 2.05) is 30.5 Å². The van der Waals surface area contributed by atoms with Gasteiger partial charge in [0.25, 0.3) is 0 Å². The van der Waals surface area contributed by atoms with Gasteiger partial charge in [0, 0.05) is 6.20 Å². The van der Waals surface area contributed by atoms with Crippen LogP contribution in [0.4, 0.5) is 0 Å². The molecule has 1 aliphatic rings. The Morgan fingerprint density at radius 3 is 3.04 bits per heavy atom. The fourth-order valence-electron chi connectivity index (χ4n) is 3.95. The van der Waals surface area contributed by atoms with Crippen molar-refractivity contribution in [3.8, 4) is 0 Å². The van der Waals surface area contributed by atoms with Gasteiger partial charge in [-0.05, 0) is 68.6 Å². The van der Waals surface area contributed by atoms with E-state index in [2.05, 4.69) is 22.0 Å². The number of aryl methyl sites for hydroxylation is 1. The molecule has 0 saturated heterocycles. The zero-order chi connectivity index (χ0) is 17.8. The van der Waals surface area contributed by atoms with Crippen molar-refractivity contribution in [2.45, 2.75) is 44.7 Å². The Bertz CT molecular complexity index is 852. The normalized spacial score (nSPS) is 16.7. The van der Waals surface area contributed by atoms with Crippen LogP contribution in [0, 0.1) is 5.41 Å². The first kappa shape index (κ1) is 16.9. The summed E-state index contributed by atoms with van der Waals surface area (Å²) < 4.78 is 0. The maximum atomic E-state index is 7.33. The van der Waals surface area contributed by atoms with Gasteiger partial charge < -0.3 is 10.4 Å². The van der Waals surface area contributed by atoms with Crippen LogP contribution >= 0.6 is 0 Å². The van der Waals surface area contributed by atoms with Gasteiger partial charge in [0.1, 0.15) is 5.82 Å². The molecule has 2 aromatic heterocycles. The molecule has 0 radical (unpaired) electrons. The summed E-state index contributed by atoms with van der Waals surface area (Å²) in [5, 5.41) is 7.33. The number of hydrogen-bond donors (Lipinski definition) is 2. The predicted molar refractivity (Wildman–Crippen MR) is 104 cm³/mol. The molecule has 0 saturated carbocycles. The molecule has 1 atom stereocenters. The number of unbranched alkanes of at least 4 members (excludes halogenated alkanes) is 1. The van der Waals surface area contributed by atoms with Gasteiger partial charge in [-0.2, -0.15) is 0 Å². The zero-order valence-electron chi connectivity index (χ0n) is 15.0. The van der Waals surface area contributed by atoms with Gasteiger partial charge in [-0.25, -0.2) is 4.98 Å². The Labute approximate surface area is 154 Å². The van der Waals surface area contributed by atoms with Crippen molar-refractivity contribution in [2.75, 3.05) is 6.54 Å². The van der Waals surface area contributed by atoms with Gasteiger partial charge in [-0.15, -0.1) is 0 Å². The van der Waals surface area contributed by atoms with Crippen molar-refractivity contribution in [3.63, 3.8) is 0 Å². The zero-order valence-corrected chi connectivity index (χ0v) is 15.0. The fourth-order valence-corrected chi connectivity index (χ4v) is 3.95. The summed E-state index contributed by atoms with van der Waals surface area (Å²) in [6, 6.07) is 12.8. The average Bonchev–Trinajstić information content (AvgIpc) is 3.09. The highest BCUT2D eigenvalue weighted by Crippen LogP contribution is 2.33. The summed E-state index contributed by atoms with van der Waals surface area (Å²) >= 11 is 0. The SMILES string of the molecule is N=CCCCN(Cc1nc2ccccc2[nH]1)[C@H]1CCCc2cccnc21. The van der Waals surface area contributed by atoms with Gasteiger partial charge in [0.05, 0.1) is 29.3 Å². The Kier molecular flexibility index (Phi) is 5.07. The van der Waals surface area contributed by atoms with E-state index in [1.165, 1.54) is 23.9 Å². The highest BCUT2D eigenvalue weighted by Gasteiger charge is 2.27. The molecule has 1 aliphatic carbocycles. The smallest absolute Gasteiger partial charge is 0.121 e. The lowest BCUT2D eigenvalue weighted by atomic mass is 9.90. The van der Waals surface area contributed by atoms with E-state index < -0.39 is 0 Å². The Balaban J connectivity index is 1.61. The summed E-state index contributed by atoms with van der Waals surface area (Å²) in [7, 11) is 0. The molecule has 0 spiro atoms. The number of benzene rings is 1. The molecule has 5 nitrogen and oxygen atoms in total. The first-order valence-electron chi connectivity index (χ1n) is 9.45. The second kappa shape index (κ2) is 7.79.